The van der Waals surface area contributed by atoms with E-state index in [1.165, 1.54) is 12.8 Å². The lowest BCUT2D eigenvalue weighted by molar-refractivity contribution is 0.0117. The van der Waals surface area contributed by atoms with Gasteiger partial charge in [0.1, 0.15) is 6.23 Å². The van der Waals surface area contributed by atoms with Gasteiger partial charge in [0, 0.05) is 0 Å². The van der Waals surface area contributed by atoms with Crippen molar-refractivity contribution in [3.8, 4) is 0 Å². The second-order valence-corrected chi connectivity index (χ2v) is 9.69. The summed E-state index contributed by atoms with van der Waals surface area (Å²) in [6.07, 6.45) is 6.73. The minimum atomic E-state index is -3.40. The molecule has 0 saturated heterocycles. The predicted molar refractivity (Wildman–Crippen MR) is 102 cm³/mol. The molecule has 1 atom stereocenters. The van der Waals surface area contributed by atoms with Gasteiger partial charge in [-0.15, -0.1) is 0 Å². The summed E-state index contributed by atoms with van der Waals surface area (Å²) in [4.78, 5) is 0. The van der Waals surface area contributed by atoms with Gasteiger partial charge in [-0.3, -0.25) is 4.57 Å². The summed E-state index contributed by atoms with van der Waals surface area (Å²) in [7, 11) is -3.40. The van der Waals surface area contributed by atoms with Crippen LogP contribution in [0.15, 0.2) is 0 Å². The monoisotopic (exact) mass is 381 g/mol. The third-order valence-corrected chi connectivity index (χ3v) is 5.92. The summed E-state index contributed by atoms with van der Waals surface area (Å²) in [5.41, 5.74) is 1.69. The normalized spacial score (nSPS) is 13.8. The fourth-order valence-corrected chi connectivity index (χ4v) is 4.07. The molecule has 7 heteroatoms. The van der Waals surface area contributed by atoms with Crippen LogP contribution in [0.3, 0.4) is 0 Å². The average molecular weight is 381 g/mol. The van der Waals surface area contributed by atoms with E-state index in [1.807, 2.05) is 0 Å². The van der Waals surface area contributed by atoms with Crippen molar-refractivity contribution in [2.75, 3.05) is 19.4 Å². The van der Waals surface area contributed by atoms with Gasteiger partial charge in [-0.25, -0.2) is 0 Å². The Morgan fingerprint density at radius 2 is 1.28 bits per heavy atom. The summed E-state index contributed by atoms with van der Waals surface area (Å²) < 4.78 is 23.7. The standard InChI is InChI=1S/C18H40NO5P/c1-16(2)11-7-5-9-13-23-25(22,15-18(20)19-21)24-14-10-6-8-12-17(3)4/h16-21H,5-15H2,1-4H3. The van der Waals surface area contributed by atoms with Crippen LogP contribution in [0.4, 0.5) is 0 Å². The number of aliphatic hydroxyl groups excluding tert-OH is 1. The van der Waals surface area contributed by atoms with Crippen LogP contribution in [0.25, 0.3) is 0 Å². The molecule has 1 unspecified atom stereocenters. The molecule has 0 aliphatic carbocycles. The molecule has 0 radical (unpaired) electrons. The van der Waals surface area contributed by atoms with Crippen LogP contribution in [0.2, 0.25) is 0 Å². The SMILES string of the molecule is CC(C)CCCCCOP(=O)(CC(O)NO)OCCCCCC(C)C. The second kappa shape index (κ2) is 15.1. The number of hydroxylamine groups is 1. The molecule has 0 bridgehead atoms. The van der Waals surface area contributed by atoms with Crippen molar-refractivity contribution in [3.05, 3.63) is 0 Å². The Morgan fingerprint density at radius 1 is 0.840 bits per heavy atom. The molecule has 0 fully saturated rings. The van der Waals surface area contributed by atoms with Gasteiger partial charge >= 0.3 is 7.60 Å². The molecule has 3 N–H and O–H groups in total. The molecule has 0 saturated carbocycles. The number of hydrogen-bond acceptors (Lipinski definition) is 6. The maximum absolute atomic E-state index is 12.7. The van der Waals surface area contributed by atoms with Crippen LogP contribution >= 0.6 is 7.60 Å². The smallest absolute Gasteiger partial charge is 0.334 e. The first-order valence-electron chi connectivity index (χ1n) is 9.75. The van der Waals surface area contributed by atoms with E-state index in [2.05, 4.69) is 27.7 Å². The highest BCUT2D eigenvalue weighted by Gasteiger charge is 2.28. The molecule has 0 amide bonds. The van der Waals surface area contributed by atoms with Crippen LogP contribution in [0.5, 0.6) is 0 Å². The Morgan fingerprint density at radius 3 is 1.64 bits per heavy atom. The molecule has 0 rings (SSSR count). The van der Waals surface area contributed by atoms with E-state index in [9.17, 15) is 9.67 Å². The zero-order valence-corrected chi connectivity index (χ0v) is 17.5. The summed E-state index contributed by atoms with van der Waals surface area (Å²) in [5, 5.41) is 18.3. The van der Waals surface area contributed by atoms with Crippen LogP contribution < -0.4 is 5.48 Å². The van der Waals surface area contributed by atoms with E-state index in [0.29, 0.717) is 25.0 Å². The summed E-state index contributed by atoms with van der Waals surface area (Å²) >= 11 is 0. The van der Waals surface area contributed by atoms with E-state index in [1.54, 1.807) is 5.48 Å². The predicted octanol–water partition coefficient (Wildman–Crippen LogP) is 4.94. The fraction of sp³-hybridized carbons (Fsp3) is 1.00. The second-order valence-electron chi connectivity index (χ2n) is 7.59. The third-order valence-electron chi connectivity index (χ3n) is 3.97. The first-order valence-corrected chi connectivity index (χ1v) is 11.5. The molecule has 25 heavy (non-hydrogen) atoms. The van der Waals surface area contributed by atoms with Gasteiger partial charge in [0.2, 0.25) is 0 Å². The van der Waals surface area contributed by atoms with Crippen molar-refractivity contribution in [2.24, 2.45) is 11.8 Å². The largest absolute Gasteiger partial charge is 0.376 e. The number of hydrogen-bond donors (Lipinski definition) is 3. The quantitative estimate of drug-likeness (QED) is 0.143. The number of aliphatic hydroxyl groups is 1. The van der Waals surface area contributed by atoms with Gasteiger partial charge in [-0.1, -0.05) is 66.2 Å². The maximum Gasteiger partial charge on any atom is 0.334 e. The Kier molecular flexibility index (Phi) is 15.1. The van der Waals surface area contributed by atoms with Gasteiger partial charge in [-0.2, -0.15) is 5.48 Å². The van der Waals surface area contributed by atoms with Crippen molar-refractivity contribution in [3.63, 3.8) is 0 Å². The van der Waals surface area contributed by atoms with E-state index >= 15 is 0 Å². The van der Waals surface area contributed by atoms with Crippen LogP contribution in [-0.2, 0) is 13.6 Å². The minimum Gasteiger partial charge on any atom is -0.376 e. The molecular weight excluding hydrogens is 341 g/mol. The number of rotatable bonds is 17. The van der Waals surface area contributed by atoms with Crippen molar-refractivity contribution in [1.29, 1.82) is 0 Å². The molecule has 0 aliphatic heterocycles. The lowest BCUT2D eigenvalue weighted by atomic mass is 10.1. The van der Waals surface area contributed by atoms with Crippen molar-refractivity contribution >= 4 is 7.60 Å². The highest BCUT2D eigenvalue weighted by molar-refractivity contribution is 7.53. The lowest BCUT2D eigenvalue weighted by Crippen LogP contribution is -2.29. The Labute approximate surface area is 154 Å². The van der Waals surface area contributed by atoms with Gasteiger partial charge in [0.15, 0.2) is 0 Å². The molecule has 0 aliphatic rings. The van der Waals surface area contributed by atoms with E-state index < -0.39 is 13.8 Å². The van der Waals surface area contributed by atoms with Crippen molar-refractivity contribution in [2.45, 2.75) is 85.3 Å². The van der Waals surface area contributed by atoms with Gasteiger partial charge in [0.25, 0.3) is 0 Å². The molecule has 0 aromatic rings. The summed E-state index contributed by atoms with van der Waals surface area (Å²) in [5.74, 6) is 1.38. The molecular formula is C18H40NO5P. The topological polar surface area (TPSA) is 88.0 Å². The molecule has 0 aromatic heterocycles. The Hall–Kier alpha value is 0.0300. The first-order chi connectivity index (χ1) is 11.8. The van der Waals surface area contributed by atoms with Crippen molar-refractivity contribution in [1.82, 2.24) is 5.48 Å². The average Bonchev–Trinajstić information content (AvgIpc) is 2.53. The van der Waals surface area contributed by atoms with E-state index in [0.717, 1.165) is 38.5 Å². The zero-order valence-electron chi connectivity index (χ0n) is 16.6. The maximum atomic E-state index is 12.7. The van der Waals surface area contributed by atoms with Crippen LogP contribution in [0, 0.1) is 11.8 Å². The summed E-state index contributed by atoms with van der Waals surface area (Å²) in [6.45, 7) is 9.49. The molecule has 0 spiro atoms. The number of unbranched alkanes of at least 4 members (excludes halogenated alkanes) is 4. The molecule has 0 heterocycles. The highest BCUT2D eigenvalue weighted by atomic mass is 31.2. The Bertz CT molecular complexity index is 328. The highest BCUT2D eigenvalue weighted by Crippen LogP contribution is 2.48. The zero-order chi connectivity index (χ0) is 19.1. The van der Waals surface area contributed by atoms with Gasteiger partial charge < -0.3 is 19.4 Å². The molecule has 152 valence electrons. The minimum absolute atomic E-state index is 0.249. The lowest BCUT2D eigenvalue weighted by Gasteiger charge is -2.20. The van der Waals surface area contributed by atoms with Gasteiger partial charge in [0.05, 0.1) is 19.4 Å². The van der Waals surface area contributed by atoms with Crippen molar-refractivity contribution < 1.29 is 23.9 Å². The van der Waals surface area contributed by atoms with Crippen LogP contribution in [0.1, 0.15) is 79.1 Å². The Balaban J connectivity index is 4.09. The summed E-state index contributed by atoms with van der Waals surface area (Å²) in [6, 6.07) is 0. The molecule has 6 nitrogen and oxygen atoms in total. The number of nitrogens with one attached hydrogen (secondary N) is 1. The van der Waals surface area contributed by atoms with E-state index in [4.69, 9.17) is 14.3 Å². The first kappa shape index (κ1) is 25.0. The third kappa shape index (κ3) is 16.0. The van der Waals surface area contributed by atoms with Gasteiger partial charge in [-0.05, 0) is 24.7 Å². The molecule has 0 aromatic carbocycles. The van der Waals surface area contributed by atoms with E-state index in [-0.39, 0.29) is 6.16 Å². The van der Waals surface area contributed by atoms with Crippen LogP contribution in [-0.4, -0.2) is 35.9 Å². The fourth-order valence-electron chi connectivity index (χ4n) is 2.47.